The second kappa shape index (κ2) is 5.87. The molecule has 2 N–H and O–H groups in total. The Morgan fingerprint density at radius 3 is 2.89 bits per heavy atom. The van der Waals surface area contributed by atoms with Crippen LogP contribution in [0, 0.1) is 0 Å². The maximum atomic E-state index is 6.06. The Morgan fingerprint density at radius 1 is 1.50 bits per heavy atom. The molecule has 1 unspecified atom stereocenters. The summed E-state index contributed by atoms with van der Waals surface area (Å²) >= 11 is 9.46. The van der Waals surface area contributed by atoms with Crippen molar-refractivity contribution in [3.8, 4) is 5.69 Å². The smallest absolute Gasteiger partial charge is 0.0679 e. The summed E-state index contributed by atoms with van der Waals surface area (Å²) in [6, 6.07) is 5.94. The van der Waals surface area contributed by atoms with Crippen LogP contribution >= 0.6 is 27.5 Å². The van der Waals surface area contributed by atoms with Crippen LogP contribution in [0.2, 0.25) is 5.02 Å². The zero-order valence-corrected chi connectivity index (χ0v) is 12.4. The first kappa shape index (κ1) is 13.6. The summed E-state index contributed by atoms with van der Waals surface area (Å²) in [6.45, 7) is 2.08. The molecule has 2 aromatic rings. The molecule has 0 saturated heterocycles. The molecular formula is C13H15BrClN3. The lowest BCUT2D eigenvalue weighted by atomic mass is 10.0. The zero-order chi connectivity index (χ0) is 13.1. The van der Waals surface area contributed by atoms with Gasteiger partial charge < -0.3 is 5.73 Å². The molecule has 2 rings (SSSR count). The fraction of sp³-hybridized carbons (Fsp3) is 0.308. The number of hydrogen-bond acceptors (Lipinski definition) is 2. The van der Waals surface area contributed by atoms with Crippen molar-refractivity contribution >= 4 is 27.5 Å². The van der Waals surface area contributed by atoms with Crippen LogP contribution in [0.25, 0.3) is 5.69 Å². The fourth-order valence-electron chi connectivity index (χ4n) is 1.80. The Morgan fingerprint density at radius 2 is 2.28 bits per heavy atom. The number of aromatic nitrogens is 2. The van der Waals surface area contributed by atoms with Crippen LogP contribution in [0.5, 0.6) is 0 Å². The molecule has 0 aliphatic carbocycles. The van der Waals surface area contributed by atoms with Gasteiger partial charge >= 0.3 is 0 Å². The van der Waals surface area contributed by atoms with Gasteiger partial charge in [-0.05, 0) is 52.5 Å². The lowest BCUT2D eigenvalue weighted by Crippen LogP contribution is -2.22. The third-order valence-electron chi connectivity index (χ3n) is 2.85. The van der Waals surface area contributed by atoms with E-state index in [1.54, 1.807) is 6.20 Å². The average molecular weight is 329 g/mol. The summed E-state index contributed by atoms with van der Waals surface area (Å²) in [7, 11) is 0. The molecule has 96 valence electrons. The highest BCUT2D eigenvalue weighted by Crippen LogP contribution is 2.22. The lowest BCUT2D eigenvalue weighted by Gasteiger charge is -2.13. The van der Waals surface area contributed by atoms with E-state index < -0.39 is 0 Å². The minimum Gasteiger partial charge on any atom is -0.327 e. The number of rotatable bonds is 4. The first-order chi connectivity index (χ1) is 8.60. The highest BCUT2D eigenvalue weighted by Gasteiger charge is 2.10. The summed E-state index contributed by atoms with van der Waals surface area (Å²) in [4.78, 5) is 0. The van der Waals surface area contributed by atoms with E-state index in [9.17, 15) is 0 Å². The van der Waals surface area contributed by atoms with Crippen LogP contribution in [0.4, 0.5) is 0 Å². The molecule has 18 heavy (non-hydrogen) atoms. The van der Waals surface area contributed by atoms with Gasteiger partial charge in [0.15, 0.2) is 0 Å². The third-order valence-corrected chi connectivity index (χ3v) is 3.49. The number of nitrogens with zero attached hydrogens (tertiary/aromatic N) is 2. The van der Waals surface area contributed by atoms with Gasteiger partial charge in [0.05, 0.1) is 16.4 Å². The second-order valence-corrected chi connectivity index (χ2v) is 5.60. The monoisotopic (exact) mass is 327 g/mol. The quantitative estimate of drug-likeness (QED) is 0.932. The van der Waals surface area contributed by atoms with E-state index in [1.165, 1.54) is 0 Å². The van der Waals surface area contributed by atoms with Gasteiger partial charge in [-0.1, -0.05) is 18.5 Å². The fourth-order valence-corrected chi connectivity index (χ4v) is 2.28. The standard InChI is InChI=1S/C13H15BrClN3/c1-2-12(16)6-9-5-11(15)3-4-13(9)18-8-10(14)7-17-18/h3-5,7-8,12H,2,6,16H2,1H3. The van der Waals surface area contributed by atoms with Crippen LogP contribution in [-0.4, -0.2) is 15.8 Å². The van der Waals surface area contributed by atoms with Crippen molar-refractivity contribution in [3.05, 3.63) is 45.7 Å². The van der Waals surface area contributed by atoms with E-state index in [0.717, 1.165) is 33.6 Å². The van der Waals surface area contributed by atoms with E-state index in [1.807, 2.05) is 29.1 Å². The highest BCUT2D eigenvalue weighted by molar-refractivity contribution is 9.10. The van der Waals surface area contributed by atoms with E-state index in [-0.39, 0.29) is 6.04 Å². The number of halogens is 2. The molecule has 0 aliphatic heterocycles. The van der Waals surface area contributed by atoms with Gasteiger partial charge in [0.1, 0.15) is 0 Å². The molecule has 0 bridgehead atoms. The summed E-state index contributed by atoms with van der Waals surface area (Å²) in [5.41, 5.74) is 8.17. The first-order valence-corrected chi connectivity index (χ1v) is 7.01. The normalized spacial score (nSPS) is 12.7. The van der Waals surface area contributed by atoms with Crippen LogP contribution in [0.3, 0.4) is 0 Å². The van der Waals surface area contributed by atoms with Crippen molar-refractivity contribution in [2.24, 2.45) is 5.73 Å². The molecule has 0 saturated carbocycles. The van der Waals surface area contributed by atoms with Gasteiger partial charge in [0, 0.05) is 17.3 Å². The van der Waals surface area contributed by atoms with Crippen molar-refractivity contribution in [2.75, 3.05) is 0 Å². The second-order valence-electron chi connectivity index (χ2n) is 4.25. The highest BCUT2D eigenvalue weighted by atomic mass is 79.9. The molecule has 0 radical (unpaired) electrons. The van der Waals surface area contributed by atoms with Crippen molar-refractivity contribution in [1.29, 1.82) is 0 Å². The van der Waals surface area contributed by atoms with Gasteiger partial charge in [-0.2, -0.15) is 5.10 Å². The zero-order valence-electron chi connectivity index (χ0n) is 10.1. The Labute approximate surface area is 120 Å². The topological polar surface area (TPSA) is 43.8 Å². The summed E-state index contributed by atoms with van der Waals surface area (Å²) in [6.07, 6.45) is 5.42. The summed E-state index contributed by atoms with van der Waals surface area (Å²) in [5.74, 6) is 0. The molecule has 1 aromatic heterocycles. The van der Waals surface area contributed by atoms with Gasteiger partial charge in [-0.15, -0.1) is 0 Å². The maximum Gasteiger partial charge on any atom is 0.0679 e. The number of nitrogens with two attached hydrogens (primary N) is 1. The minimum atomic E-state index is 0.140. The number of hydrogen-bond donors (Lipinski definition) is 1. The van der Waals surface area contributed by atoms with Gasteiger partial charge in [-0.25, -0.2) is 4.68 Å². The molecule has 0 amide bonds. The Hall–Kier alpha value is -0.840. The minimum absolute atomic E-state index is 0.140. The van der Waals surface area contributed by atoms with Crippen molar-refractivity contribution in [3.63, 3.8) is 0 Å². The van der Waals surface area contributed by atoms with Crippen molar-refractivity contribution in [2.45, 2.75) is 25.8 Å². The average Bonchev–Trinajstić information content (AvgIpc) is 2.75. The van der Waals surface area contributed by atoms with Crippen molar-refractivity contribution in [1.82, 2.24) is 9.78 Å². The predicted molar refractivity (Wildman–Crippen MR) is 78.2 cm³/mol. The molecule has 5 heteroatoms. The Balaban J connectivity index is 2.40. The molecule has 1 atom stereocenters. The van der Waals surface area contributed by atoms with Gasteiger partial charge in [0.2, 0.25) is 0 Å². The largest absolute Gasteiger partial charge is 0.327 e. The molecule has 1 heterocycles. The van der Waals surface area contributed by atoms with Gasteiger partial charge in [-0.3, -0.25) is 0 Å². The molecule has 1 aromatic carbocycles. The molecule has 0 aliphatic rings. The van der Waals surface area contributed by atoms with E-state index in [4.69, 9.17) is 17.3 Å². The van der Waals surface area contributed by atoms with Gasteiger partial charge in [0.25, 0.3) is 0 Å². The predicted octanol–water partition coefficient (Wildman–Crippen LogP) is 3.57. The van der Waals surface area contributed by atoms with Crippen LogP contribution in [0.15, 0.2) is 35.1 Å². The van der Waals surface area contributed by atoms with Crippen LogP contribution < -0.4 is 5.73 Å². The molecular weight excluding hydrogens is 314 g/mol. The van der Waals surface area contributed by atoms with E-state index in [0.29, 0.717) is 0 Å². The van der Waals surface area contributed by atoms with Crippen LogP contribution in [-0.2, 0) is 6.42 Å². The SMILES string of the molecule is CCC(N)Cc1cc(Cl)ccc1-n1cc(Br)cn1. The maximum absolute atomic E-state index is 6.06. The van der Waals surface area contributed by atoms with Crippen molar-refractivity contribution < 1.29 is 0 Å². The van der Waals surface area contributed by atoms with E-state index in [2.05, 4.69) is 28.0 Å². The Kier molecular flexibility index (Phi) is 4.43. The molecule has 3 nitrogen and oxygen atoms in total. The first-order valence-electron chi connectivity index (χ1n) is 5.84. The summed E-state index contributed by atoms with van der Waals surface area (Å²) < 4.78 is 2.78. The number of benzene rings is 1. The van der Waals surface area contributed by atoms with Crippen LogP contribution in [0.1, 0.15) is 18.9 Å². The Bertz CT molecular complexity index is 539. The molecule has 0 spiro atoms. The molecule has 0 fully saturated rings. The third kappa shape index (κ3) is 3.13. The summed E-state index contributed by atoms with van der Waals surface area (Å²) in [5, 5.41) is 5.02. The lowest BCUT2D eigenvalue weighted by molar-refractivity contribution is 0.642. The van der Waals surface area contributed by atoms with E-state index >= 15 is 0 Å².